The van der Waals surface area contributed by atoms with Crippen molar-refractivity contribution in [2.24, 2.45) is 0 Å². The third-order valence-corrected chi connectivity index (χ3v) is 4.36. The second-order valence-corrected chi connectivity index (χ2v) is 5.92. The van der Waals surface area contributed by atoms with Crippen LogP contribution in [0.4, 0.5) is 17.5 Å². The van der Waals surface area contributed by atoms with Crippen molar-refractivity contribution in [2.75, 3.05) is 25.3 Å². The van der Waals surface area contributed by atoms with E-state index in [0.29, 0.717) is 29.0 Å². The van der Waals surface area contributed by atoms with Crippen molar-refractivity contribution < 1.29 is 9.47 Å². The van der Waals surface area contributed by atoms with Crippen LogP contribution >= 0.6 is 0 Å². The summed E-state index contributed by atoms with van der Waals surface area (Å²) in [6.45, 7) is 0. The number of hydrogen-bond donors (Lipinski definition) is 3. The summed E-state index contributed by atoms with van der Waals surface area (Å²) in [5.41, 5.74) is 8.04. The highest BCUT2D eigenvalue weighted by Gasteiger charge is 2.17. The molecule has 0 amide bonds. The Kier molecular flexibility index (Phi) is 4.25. The van der Waals surface area contributed by atoms with Crippen molar-refractivity contribution in [3.05, 3.63) is 54.7 Å². The van der Waals surface area contributed by atoms with Crippen molar-refractivity contribution in [3.63, 3.8) is 0 Å². The number of nitrogen functional groups attached to an aromatic ring is 1. The number of hydrogen-bond acceptors (Lipinski definition) is 6. The number of H-pyrrole nitrogens is 1. The molecular formula is C20H19N5O2. The highest BCUT2D eigenvalue weighted by Crippen LogP contribution is 2.40. The molecule has 7 heteroatoms. The molecule has 4 aromatic rings. The van der Waals surface area contributed by atoms with Crippen LogP contribution in [0.25, 0.3) is 21.9 Å². The lowest BCUT2D eigenvalue weighted by molar-refractivity contribution is 0.355. The van der Waals surface area contributed by atoms with Gasteiger partial charge in [0.2, 0.25) is 0 Å². The van der Waals surface area contributed by atoms with E-state index in [2.05, 4.69) is 20.5 Å². The molecule has 0 spiro atoms. The van der Waals surface area contributed by atoms with Crippen molar-refractivity contribution in [2.45, 2.75) is 0 Å². The first kappa shape index (κ1) is 16.7. The summed E-state index contributed by atoms with van der Waals surface area (Å²) in [6.07, 6.45) is 1.74. The lowest BCUT2D eigenvalue weighted by Gasteiger charge is -2.16. The first-order valence-electron chi connectivity index (χ1n) is 8.38. The number of benzene rings is 2. The van der Waals surface area contributed by atoms with Crippen LogP contribution < -0.4 is 20.5 Å². The van der Waals surface area contributed by atoms with Crippen LogP contribution in [0.15, 0.2) is 54.7 Å². The van der Waals surface area contributed by atoms with Crippen LogP contribution in [0.1, 0.15) is 0 Å². The number of rotatable bonds is 5. The van der Waals surface area contributed by atoms with Gasteiger partial charge in [-0.1, -0.05) is 30.3 Å². The Morgan fingerprint density at radius 3 is 2.44 bits per heavy atom. The van der Waals surface area contributed by atoms with E-state index >= 15 is 0 Å². The average molecular weight is 361 g/mol. The minimum atomic E-state index is 0.452. The van der Waals surface area contributed by atoms with Gasteiger partial charge < -0.3 is 20.5 Å². The van der Waals surface area contributed by atoms with Gasteiger partial charge in [0.05, 0.1) is 14.2 Å². The van der Waals surface area contributed by atoms with E-state index < -0.39 is 0 Å². The zero-order valence-corrected chi connectivity index (χ0v) is 15.0. The summed E-state index contributed by atoms with van der Waals surface area (Å²) >= 11 is 0. The number of nitrogens with one attached hydrogen (secondary N) is 2. The van der Waals surface area contributed by atoms with Crippen LogP contribution in [0.5, 0.6) is 11.5 Å². The highest BCUT2D eigenvalue weighted by atomic mass is 16.5. The second kappa shape index (κ2) is 6.87. The van der Waals surface area contributed by atoms with Gasteiger partial charge in [0.25, 0.3) is 0 Å². The van der Waals surface area contributed by atoms with Crippen LogP contribution in [0.3, 0.4) is 0 Å². The zero-order valence-electron chi connectivity index (χ0n) is 15.0. The predicted molar refractivity (Wildman–Crippen MR) is 107 cm³/mol. The maximum atomic E-state index is 6.21. The number of nitrogens with zero attached hydrogens (tertiary/aromatic N) is 2. The third-order valence-electron chi connectivity index (χ3n) is 4.36. The molecule has 0 unspecified atom stereocenters. The van der Waals surface area contributed by atoms with E-state index in [1.54, 1.807) is 20.4 Å². The van der Waals surface area contributed by atoms with Gasteiger partial charge in [-0.2, -0.15) is 5.10 Å². The molecule has 0 saturated carbocycles. The first-order valence-corrected chi connectivity index (χ1v) is 8.38. The molecule has 0 bridgehead atoms. The molecule has 0 atom stereocenters. The molecule has 0 aliphatic rings. The Hall–Kier alpha value is -3.74. The summed E-state index contributed by atoms with van der Waals surface area (Å²) in [4.78, 5) is 4.59. The molecule has 136 valence electrons. The maximum Gasteiger partial charge on any atom is 0.161 e. The van der Waals surface area contributed by atoms with Gasteiger partial charge >= 0.3 is 0 Å². The fourth-order valence-corrected chi connectivity index (χ4v) is 3.11. The first-order chi connectivity index (χ1) is 13.2. The van der Waals surface area contributed by atoms with Crippen LogP contribution in [-0.4, -0.2) is 29.4 Å². The largest absolute Gasteiger partial charge is 0.493 e. The summed E-state index contributed by atoms with van der Waals surface area (Å²) in [5, 5.41) is 12.1. The standard InChI is InChI=1S/C20H19N5O2/c1-26-15-8-7-12(11-16(15)27-2)18-13-5-3-4-6-14(13)19(21)24-20(18)23-17-9-10-22-25-17/h3-11H,1-2H3,(H4,21,22,23,24,25). The Labute approximate surface area is 156 Å². The number of aromatic amines is 1. The number of fused-ring (bicyclic) bond motifs is 1. The Bertz CT molecular complexity index is 1090. The topological polar surface area (TPSA) is 98.1 Å². The van der Waals surface area contributed by atoms with E-state index in [9.17, 15) is 0 Å². The molecule has 2 aromatic carbocycles. The van der Waals surface area contributed by atoms with Crippen LogP contribution in [-0.2, 0) is 0 Å². The van der Waals surface area contributed by atoms with Gasteiger partial charge in [-0.05, 0) is 23.1 Å². The van der Waals surface area contributed by atoms with Crippen LogP contribution in [0, 0.1) is 0 Å². The third kappa shape index (κ3) is 2.99. The normalized spacial score (nSPS) is 10.7. The van der Waals surface area contributed by atoms with Gasteiger partial charge in [0.1, 0.15) is 11.6 Å². The highest BCUT2D eigenvalue weighted by molar-refractivity contribution is 6.06. The van der Waals surface area contributed by atoms with Gasteiger partial charge in [-0.25, -0.2) is 4.98 Å². The lowest BCUT2D eigenvalue weighted by atomic mass is 9.98. The minimum Gasteiger partial charge on any atom is -0.493 e. The predicted octanol–water partition coefficient (Wildman–Crippen LogP) is 3.97. The molecule has 0 saturated heterocycles. The quantitative estimate of drug-likeness (QED) is 0.498. The van der Waals surface area contributed by atoms with Crippen molar-refractivity contribution in [1.82, 2.24) is 15.2 Å². The minimum absolute atomic E-state index is 0.452. The molecule has 4 rings (SSSR count). The number of aromatic nitrogens is 3. The molecule has 2 aromatic heterocycles. The van der Waals surface area contributed by atoms with Gasteiger partial charge in [-0.15, -0.1) is 0 Å². The SMILES string of the molecule is COc1ccc(-c2c(Nc3cc[nH]n3)nc(N)c3ccccc23)cc1OC. The Morgan fingerprint density at radius 1 is 0.963 bits per heavy atom. The average Bonchev–Trinajstić information content (AvgIpc) is 3.21. The van der Waals surface area contributed by atoms with Crippen LogP contribution in [0.2, 0.25) is 0 Å². The lowest BCUT2D eigenvalue weighted by Crippen LogP contribution is -2.02. The number of pyridine rings is 1. The molecular weight excluding hydrogens is 342 g/mol. The Morgan fingerprint density at radius 2 is 1.74 bits per heavy atom. The number of nitrogens with two attached hydrogens (primary N) is 1. The van der Waals surface area contributed by atoms with E-state index in [1.807, 2.05) is 48.5 Å². The van der Waals surface area contributed by atoms with Gasteiger partial charge in [0, 0.05) is 23.2 Å². The number of anilines is 3. The monoisotopic (exact) mass is 361 g/mol. The van der Waals surface area contributed by atoms with Crippen molar-refractivity contribution in [3.8, 4) is 22.6 Å². The van der Waals surface area contributed by atoms with E-state index in [4.69, 9.17) is 15.2 Å². The molecule has 27 heavy (non-hydrogen) atoms. The van der Waals surface area contributed by atoms with E-state index in [1.165, 1.54) is 0 Å². The van der Waals surface area contributed by atoms with Crippen molar-refractivity contribution >= 4 is 28.2 Å². The molecule has 7 nitrogen and oxygen atoms in total. The molecule has 2 heterocycles. The molecule has 0 aliphatic carbocycles. The van der Waals surface area contributed by atoms with Gasteiger partial charge in [0.15, 0.2) is 17.3 Å². The summed E-state index contributed by atoms with van der Waals surface area (Å²) in [7, 11) is 3.23. The maximum absolute atomic E-state index is 6.21. The fraction of sp³-hybridized carbons (Fsp3) is 0.100. The number of ether oxygens (including phenoxy) is 2. The molecule has 0 aliphatic heterocycles. The summed E-state index contributed by atoms with van der Waals surface area (Å²) in [5.74, 6) is 3.02. The molecule has 0 fully saturated rings. The number of methoxy groups -OCH3 is 2. The smallest absolute Gasteiger partial charge is 0.161 e. The summed E-state index contributed by atoms with van der Waals surface area (Å²) in [6, 6.07) is 15.5. The second-order valence-electron chi connectivity index (χ2n) is 5.92. The van der Waals surface area contributed by atoms with E-state index in [0.717, 1.165) is 21.9 Å². The van der Waals surface area contributed by atoms with Crippen molar-refractivity contribution in [1.29, 1.82) is 0 Å². The molecule has 0 radical (unpaired) electrons. The zero-order chi connectivity index (χ0) is 18.8. The molecule has 4 N–H and O–H groups in total. The van der Waals surface area contributed by atoms with E-state index in [-0.39, 0.29) is 0 Å². The fourth-order valence-electron chi connectivity index (χ4n) is 3.11. The van der Waals surface area contributed by atoms with Gasteiger partial charge in [-0.3, -0.25) is 5.10 Å². The summed E-state index contributed by atoms with van der Waals surface area (Å²) < 4.78 is 10.8. The Balaban J connectivity index is 1.98.